The van der Waals surface area contributed by atoms with Gasteiger partial charge < -0.3 is 19.9 Å². The normalized spacial score (nSPS) is 13.4. The van der Waals surface area contributed by atoms with E-state index < -0.39 is 6.10 Å². The summed E-state index contributed by atoms with van der Waals surface area (Å²) < 4.78 is 16.0. The highest BCUT2D eigenvalue weighted by Crippen LogP contribution is 2.29. The Balaban J connectivity index is 3.00. The molecule has 1 aromatic rings. The Morgan fingerprint density at radius 1 is 1.35 bits per heavy atom. The summed E-state index contributed by atoms with van der Waals surface area (Å²) in [7, 11) is 1.58. The third-order valence-corrected chi connectivity index (χ3v) is 2.90. The molecule has 2 atom stereocenters. The van der Waals surface area contributed by atoms with Crippen LogP contribution < -0.4 is 15.2 Å². The number of hydrogen-bond donors (Lipinski definition) is 1. The Morgan fingerprint density at radius 3 is 2.55 bits per heavy atom. The van der Waals surface area contributed by atoms with Crippen molar-refractivity contribution in [3.63, 3.8) is 0 Å². The Bertz CT molecular complexity index is 445. The number of nitrogens with two attached hydrogens (primary N) is 1. The predicted octanol–water partition coefficient (Wildman–Crippen LogP) is 2.44. The van der Waals surface area contributed by atoms with Crippen LogP contribution in [0.5, 0.6) is 11.5 Å². The second-order valence-electron chi connectivity index (χ2n) is 4.46. The molecule has 20 heavy (non-hydrogen) atoms. The summed E-state index contributed by atoms with van der Waals surface area (Å²) in [4.78, 5) is 11.8. The molecule has 0 aliphatic heterocycles. The molecule has 0 aromatic heterocycles. The average Bonchev–Trinajstić information content (AvgIpc) is 2.44. The summed E-state index contributed by atoms with van der Waals surface area (Å²) in [6, 6.07) is 5.20. The van der Waals surface area contributed by atoms with Crippen LogP contribution >= 0.6 is 0 Å². The summed E-state index contributed by atoms with van der Waals surface area (Å²) in [5, 5.41) is 0. The lowest BCUT2D eigenvalue weighted by atomic mass is 10.1. The molecule has 1 aromatic carbocycles. The van der Waals surface area contributed by atoms with Gasteiger partial charge in [-0.1, -0.05) is 13.0 Å². The van der Waals surface area contributed by atoms with Crippen LogP contribution in [-0.4, -0.2) is 25.8 Å². The fourth-order valence-corrected chi connectivity index (χ4v) is 1.81. The topological polar surface area (TPSA) is 70.8 Å². The molecule has 1 unspecified atom stereocenters. The van der Waals surface area contributed by atoms with Gasteiger partial charge in [-0.15, -0.1) is 0 Å². The number of carbonyl (C=O) groups excluding carboxylic acids is 1. The Kier molecular flexibility index (Phi) is 6.31. The maximum absolute atomic E-state index is 11.8. The van der Waals surface area contributed by atoms with E-state index in [0.717, 1.165) is 5.56 Å². The molecular weight excluding hydrogens is 258 g/mol. The van der Waals surface area contributed by atoms with Gasteiger partial charge in [0.1, 0.15) is 11.5 Å². The molecule has 112 valence electrons. The summed E-state index contributed by atoms with van der Waals surface area (Å²) in [6.07, 6.45) is -0.117. The van der Waals surface area contributed by atoms with Gasteiger partial charge in [-0.25, -0.2) is 4.79 Å². The Labute approximate surface area is 120 Å². The summed E-state index contributed by atoms with van der Waals surface area (Å²) >= 11 is 0. The van der Waals surface area contributed by atoms with Gasteiger partial charge in [-0.3, -0.25) is 0 Å². The lowest BCUT2D eigenvalue weighted by Gasteiger charge is -2.20. The molecule has 5 heteroatoms. The molecule has 1 rings (SSSR count). The van der Waals surface area contributed by atoms with Gasteiger partial charge in [0.05, 0.1) is 13.7 Å². The van der Waals surface area contributed by atoms with Crippen LogP contribution in [0.4, 0.5) is 0 Å². The van der Waals surface area contributed by atoms with Gasteiger partial charge in [-0.2, -0.15) is 0 Å². The van der Waals surface area contributed by atoms with Crippen molar-refractivity contribution in [2.75, 3.05) is 13.7 Å². The zero-order valence-electron chi connectivity index (χ0n) is 12.5. The highest BCUT2D eigenvalue weighted by Gasteiger charge is 2.22. The first kappa shape index (κ1) is 16.3. The quantitative estimate of drug-likeness (QED) is 0.777. The molecular formula is C15H23NO4. The van der Waals surface area contributed by atoms with Crippen LogP contribution in [0, 0.1) is 0 Å². The first-order valence-corrected chi connectivity index (χ1v) is 6.80. The Hall–Kier alpha value is -1.75. The van der Waals surface area contributed by atoms with Gasteiger partial charge in [0.2, 0.25) is 0 Å². The molecule has 0 bridgehead atoms. The number of methoxy groups -OCH3 is 1. The molecule has 0 radical (unpaired) electrons. The minimum atomic E-state index is -0.639. The first-order chi connectivity index (χ1) is 9.53. The molecule has 0 aliphatic rings. The zero-order chi connectivity index (χ0) is 15.1. The number of ether oxygens (including phenoxy) is 3. The second-order valence-corrected chi connectivity index (χ2v) is 4.46. The van der Waals surface area contributed by atoms with Gasteiger partial charge in [0.25, 0.3) is 0 Å². The van der Waals surface area contributed by atoms with Crippen LogP contribution in [0.1, 0.15) is 38.8 Å². The van der Waals surface area contributed by atoms with Crippen molar-refractivity contribution >= 4 is 5.97 Å². The highest BCUT2D eigenvalue weighted by molar-refractivity contribution is 5.75. The third kappa shape index (κ3) is 4.13. The smallest absolute Gasteiger partial charge is 0.347 e. The van der Waals surface area contributed by atoms with Gasteiger partial charge in [-0.05, 0) is 26.3 Å². The van der Waals surface area contributed by atoms with E-state index in [1.54, 1.807) is 20.1 Å². The van der Waals surface area contributed by atoms with E-state index in [4.69, 9.17) is 19.9 Å². The third-order valence-electron chi connectivity index (χ3n) is 2.90. The molecule has 0 aliphatic carbocycles. The van der Waals surface area contributed by atoms with Crippen molar-refractivity contribution in [3.05, 3.63) is 23.8 Å². The van der Waals surface area contributed by atoms with Gasteiger partial charge in [0.15, 0.2) is 6.10 Å². The van der Waals surface area contributed by atoms with E-state index in [-0.39, 0.29) is 12.0 Å². The van der Waals surface area contributed by atoms with E-state index in [9.17, 15) is 4.79 Å². The average molecular weight is 281 g/mol. The molecule has 0 saturated carbocycles. The van der Waals surface area contributed by atoms with E-state index in [2.05, 4.69) is 0 Å². The van der Waals surface area contributed by atoms with Gasteiger partial charge >= 0.3 is 5.97 Å². The standard InChI is InChI=1S/C15H23NO4/c1-5-13(15(17)19-6-2)20-14-9-11(18-4)7-8-12(14)10(3)16/h7-10,13H,5-6,16H2,1-4H3/t10-,13?/m1/s1. The molecule has 0 saturated heterocycles. The van der Waals surface area contributed by atoms with Crippen LogP contribution in [0.15, 0.2) is 18.2 Å². The fraction of sp³-hybridized carbons (Fsp3) is 0.533. The van der Waals surface area contributed by atoms with Crippen LogP contribution in [0.3, 0.4) is 0 Å². The van der Waals surface area contributed by atoms with E-state index in [0.29, 0.717) is 24.5 Å². The minimum absolute atomic E-state index is 0.199. The fourth-order valence-electron chi connectivity index (χ4n) is 1.81. The highest BCUT2D eigenvalue weighted by atomic mass is 16.6. The lowest BCUT2D eigenvalue weighted by molar-refractivity contribution is -0.151. The molecule has 2 N–H and O–H groups in total. The van der Waals surface area contributed by atoms with Crippen molar-refractivity contribution in [1.82, 2.24) is 0 Å². The van der Waals surface area contributed by atoms with E-state index in [1.807, 2.05) is 26.0 Å². The maximum atomic E-state index is 11.8. The zero-order valence-corrected chi connectivity index (χ0v) is 12.5. The van der Waals surface area contributed by atoms with Crippen molar-refractivity contribution in [1.29, 1.82) is 0 Å². The summed E-state index contributed by atoms with van der Waals surface area (Å²) in [5.74, 6) is 0.843. The summed E-state index contributed by atoms with van der Waals surface area (Å²) in [6.45, 7) is 5.83. The van der Waals surface area contributed by atoms with Crippen molar-refractivity contribution in [2.45, 2.75) is 39.3 Å². The maximum Gasteiger partial charge on any atom is 0.347 e. The van der Waals surface area contributed by atoms with Crippen molar-refractivity contribution in [2.24, 2.45) is 5.73 Å². The number of carbonyl (C=O) groups is 1. The lowest BCUT2D eigenvalue weighted by Crippen LogP contribution is -2.29. The van der Waals surface area contributed by atoms with Crippen LogP contribution in [0.25, 0.3) is 0 Å². The Morgan fingerprint density at radius 2 is 2.05 bits per heavy atom. The predicted molar refractivity (Wildman–Crippen MR) is 76.9 cm³/mol. The number of rotatable bonds is 7. The van der Waals surface area contributed by atoms with Gasteiger partial charge in [0, 0.05) is 17.7 Å². The minimum Gasteiger partial charge on any atom is -0.497 e. The van der Waals surface area contributed by atoms with Crippen LogP contribution in [0.2, 0.25) is 0 Å². The van der Waals surface area contributed by atoms with Crippen molar-refractivity contribution < 1.29 is 19.0 Å². The van der Waals surface area contributed by atoms with E-state index in [1.165, 1.54) is 0 Å². The monoisotopic (exact) mass is 281 g/mol. The second kappa shape index (κ2) is 7.75. The molecule has 0 heterocycles. The SMILES string of the molecule is CCOC(=O)C(CC)Oc1cc(OC)ccc1[C@@H](C)N. The first-order valence-electron chi connectivity index (χ1n) is 6.80. The molecule has 0 amide bonds. The molecule has 0 fully saturated rings. The van der Waals surface area contributed by atoms with E-state index >= 15 is 0 Å². The summed E-state index contributed by atoms with van der Waals surface area (Å²) in [5.41, 5.74) is 6.75. The largest absolute Gasteiger partial charge is 0.497 e. The number of benzene rings is 1. The number of hydrogen-bond acceptors (Lipinski definition) is 5. The number of esters is 1. The van der Waals surface area contributed by atoms with Crippen LogP contribution in [-0.2, 0) is 9.53 Å². The molecule has 5 nitrogen and oxygen atoms in total. The molecule has 0 spiro atoms. The van der Waals surface area contributed by atoms with Crippen molar-refractivity contribution in [3.8, 4) is 11.5 Å².